The molecule has 0 saturated carbocycles. The summed E-state index contributed by atoms with van der Waals surface area (Å²) >= 11 is 0. The highest BCUT2D eigenvalue weighted by atomic mass is 16.8. The first kappa shape index (κ1) is 92.4. The Morgan fingerprint density at radius 3 is 0.598 bits per heavy atom. The van der Waals surface area contributed by atoms with Crippen molar-refractivity contribution in [2.24, 2.45) is 0 Å². The number of ether oxygens (including phenoxy) is 14. The molecule has 0 aromatic heterocycles. The summed E-state index contributed by atoms with van der Waals surface area (Å²) in [6.07, 6.45) is 11.6. The normalized spacial score (nSPS) is 13.6. The lowest BCUT2D eigenvalue weighted by Crippen LogP contribution is -2.55. The Morgan fingerprint density at radius 2 is 0.402 bits per heavy atom. The molecule has 13 rings (SSSR count). The van der Waals surface area contributed by atoms with E-state index < -0.39 is 29.2 Å². The Morgan fingerprint density at radius 1 is 0.236 bits per heavy atom. The monoisotopic (exact) mass is 1710 g/mol. The lowest BCUT2D eigenvalue weighted by Gasteiger charge is -2.42. The average molecular weight is 1710 g/mol. The summed E-state index contributed by atoms with van der Waals surface area (Å²) in [4.78, 5) is 0. The maximum atomic E-state index is 14.3. The van der Waals surface area contributed by atoms with Crippen LogP contribution in [0.1, 0.15) is 154 Å². The van der Waals surface area contributed by atoms with Gasteiger partial charge in [-0.25, -0.2) is 0 Å². The van der Waals surface area contributed by atoms with Gasteiger partial charge in [-0.2, -0.15) is 0 Å². The van der Waals surface area contributed by atoms with E-state index in [1.165, 1.54) is 0 Å². The standard InChI is InChI=1S/C111H118O16/c1-7-83-19-27-87(28-20-83)75-114-67-11-15-71-118-99-51-35-91(36-52-99)79-122-103-59-43-95(44-60-103)110(112,96-45-61-104(62-46-96)123-80-92-37-53-100(54-38-92)119-72-16-12-68-115-76-88-29-21-84(8-2)22-30-88)107-108(127-109(5,6)126-107)111(113,97-47-63-105(64-48-97)124-81-93-39-55-101(56-40-93)120-73-17-13-69-116-77-89-31-23-85(9-3)24-32-89)98-49-65-106(66-50-98)125-82-94-41-57-102(58-42-94)121-74-18-14-70-117-78-90-33-25-86(10-4)26-34-90/h7-10,19-66,107-108,112-113H,1-4,11-18,67-82H2,5-6H3/t107-,108-/m0/s1. The van der Waals surface area contributed by atoms with Crippen LogP contribution in [-0.4, -0.2) is 81.1 Å². The van der Waals surface area contributed by atoms with Crippen LogP contribution in [0.4, 0.5) is 0 Å². The summed E-state index contributed by atoms with van der Waals surface area (Å²) in [6, 6.07) is 93.7. The highest BCUT2D eigenvalue weighted by Gasteiger charge is 2.61. The predicted octanol–water partition coefficient (Wildman–Crippen LogP) is 23.8. The third-order valence-electron chi connectivity index (χ3n) is 22.2. The highest BCUT2D eigenvalue weighted by Crippen LogP contribution is 2.51. The molecule has 1 aliphatic heterocycles. The molecule has 16 heteroatoms. The van der Waals surface area contributed by atoms with Crippen LogP contribution < -0.4 is 37.9 Å². The molecular weight excluding hydrogens is 1590 g/mol. The van der Waals surface area contributed by atoms with Gasteiger partial charge in [0.15, 0.2) is 5.79 Å². The second kappa shape index (κ2) is 47.8. The number of hydrogen-bond donors (Lipinski definition) is 2. The number of aliphatic hydroxyl groups is 2. The van der Waals surface area contributed by atoms with Crippen molar-refractivity contribution in [1.29, 1.82) is 0 Å². The van der Waals surface area contributed by atoms with Gasteiger partial charge in [-0.05, 0) is 251 Å². The highest BCUT2D eigenvalue weighted by molar-refractivity contribution is 5.52. The second-order valence-corrected chi connectivity index (χ2v) is 32.1. The van der Waals surface area contributed by atoms with E-state index in [0.29, 0.717) is 125 Å². The molecule has 2 atom stereocenters. The van der Waals surface area contributed by atoms with Crippen LogP contribution in [0.15, 0.2) is 318 Å². The number of rotatable bonds is 54. The molecule has 0 amide bonds. The molecule has 12 aromatic rings. The van der Waals surface area contributed by atoms with E-state index in [4.69, 9.17) is 66.3 Å². The van der Waals surface area contributed by atoms with E-state index >= 15 is 0 Å². The summed E-state index contributed by atoms with van der Waals surface area (Å²) in [6.45, 7) is 27.1. The summed E-state index contributed by atoms with van der Waals surface area (Å²) in [5.74, 6) is 3.94. The number of hydrogen-bond acceptors (Lipinski definition) is 16. The van der Waals surface area contributed by atoms with Gasteiger partial charge in [0, 0.05) is 26.4 Å². The fourth-order valence-electron chi connectivity index (χ4n) is 14.7. The Labute approximate surface area is 749 Å². The molecule has 1 aliphatic rings. The Balaban J connectivity index is 0.699. The fraction of sp³-hybridized carbons (Fsp3) is 0.279. The van der Waals surface area contributed by atoms with Crippen LogP contribution in [0.25, 0.3) is 24.3 Å². The van der Waals surface area contributed by atoms with E-state index in [2.05, 4.69) is 74.8 Å². The first-order valence-corrected chi connectivity index (χ1v) is 44.0. The van der Waals surface area contributed by atoms with Gasteiger partial charge in [-0.3, -0.25) is 0 Å². The van der Waals surface area contributed by atoms with Crippen LogP contribution >= 0.6 is 0 Å². The molecule has 12 aromatic carbocycles. The van der Waals surface area contributed by atoms with E-state index in [9.17, 15) is 10.2 Å². The fourth-order valence-corrected chi connectivity index (χ4v) is 14.7. The van der Waals surface area contributed by atoms with Crippen LogP contribution in [0.2, 0.25) is 0 Å². The molecule has 1 fully saturated rings. The molecule has 16 nitrogen and oxygen atoms in total. The Kier molecular flexibility index (Phi) is 34.8. The minimum Gasteiger partial charge on any atom is -0.494 e. The van der Waals surface area contributed by atoms with E-state index in [1.807, 2.05) is 267 Å². The van der Waals surface area contributed by atoms with Gasteiger partial charge in [0.05, 0.1) is 52.9 Å². The smallest absolute Gasteiger partial charge is 0.164 e. The molecule has 0 spiro atoms. The first-order chi connectivity index (χ1) is 62.2. The summed E-state index contributed by atoms with van der Waals surface area (Å²) in [5, 5.41) is 28.7. The van der Waals surface area contributed by atoms with Gasteiger partial charge in [0.25, 0.3) is 0 Å². The van der Waals surface area contributed by atoms with E-state index in [1.54, 1.807) is 13.8 Å². The Bertz CT molecular complexity index is 4630. The van der Waals surface area contributed by atoms with Gasteiger partial charge in [0.2, 0.25) is 0 Å². The van der Waals surface area contributed by atoms with Gasteiger partial charge in [-0.15, -0.1) is 0 Å². The van der Waals surface area contributed by atoms with Crippen LogP contribution in [0.5, 0.6) is 46.0 Å². The molecule has 2 N–H and O–H groups in total. The average Bonchev–Trinajstić information content (AvgIpc) is 1.62. The molecule has 0 aliphatic carbocycles. The predicted molar refractivity (Wildman–Crippen MR) is 502 cm³/mol. The van der Waals surface area contributed by atoms with E-state index in [-0.39, 0.29) is 26.4 Å². The van der Waals surface area contributed by atoms with E-state index in [0.717, 1.165) is 141 Å². The lowest BCUT2D eigenvalue weighted by molar-refractivity contribution is -0.172. The third-order valence-corrected chi connectivity index (χ3v) is 22.2. The van der Waals surface area contributed by atoms with Gasteiger partial charge in [-0.1, -0.05) is 245 Å². The molecule has 0 unspecified atom stereocenters. The van der Waals surface area contributed by atoms with Crippen molar-refractivity contribution >= 4 is 24.3 Å². The Hall–Kier alpha value is -12.3. The largest absolute Gasteiger partial charge is 0.494 e. The zero-order valence-corrected chi connectivity index (χ0v) is 73.1. The van der Waals surface area contributed by atoms with Crippen molar-refractivity contribution in [3.05, 3.63) is 407 Å². The van der Waals surface area contributed by atoms with Crippen LogP contribution in [0.3, 0.4) is 0 Å². The number of benzene rings is 12. The zero-order valence-electron chi connectivity index (χ0n) is 73.1. The SMILES string of the molecule is C=Cc1ccc(COCCCCOc2ccc(COc3ccc(C(O)(c4ccc(OCc5ccc(OCCCCOCc6ccc(C=C)cc6)cc5)cc4)[C@H]4OC(C)(C)O[C@@H]4C(O)(c4ccc(OCc5ccc(OCCCCOCc6ccc(C=C)cc6)cc5)cc4)c4ccc(OCc5ccc(OCCCCOCc6ccc(C=C)cc6)cc5)cc4)cc3)cc2)cc1. The first-order valence-electron chi connectivity index (χ1n) is 44.0. The maximum Gasteiger partial charge on any atom is 0.164 e. The van der Waals surface area contributed by atoms with Crippen LogP contribution in [0, 0.1) is 0 Å². The minimum absolute atomic E-state index is 0.266. The van der Waals surface area contributed by atoms with Crippen molar-refractivity contribution in [3.63, 3.8) is 0 Å². The lowest BCUT2D eigenvalue weighted by atomic mass is 9.72. The van der Waals surface area contributed by atoms with Crippen molar-refractivity contribution in [2.75, 3.05) is 52.9 Å². The third kappa shape index (κ3) is 27.8. The molecule has 658 valence electrons. The molecular formula is C111H118O16. The quantitative estimate of drug-likeness (QED) is 0.0345. The van der Waals surface area contributed by atoms with Crippen molar-refractivity contribution < 1.29 is 76.5 Å². The van der Waals surface area contributed by atoms with Gasteiger partial charge >= 0.3 is 0 Å². The molecule has 127 heavy (non-hydrogen) atoms. The van der Waals surface area contributed by atoms with Crippen molar-refractivity contribution in [1.82, 2.24) is 0 Å². The molecule has 1 saturated heterocycles. The minimum atomic E-state index is -2.04. The molecule has 1 heterocycles. The maximum absolute atomic E-state index is 14.3. The van der Waals surface area contributed by atoms with Gasteiger partial charge in [0.1, 0.15) is 95.8 Å². The summed E-state index contributed by atoms with van der Waals surface area (Å²) in [5.41, 5.74) is 10.3. The zero-order chi connectivity index (χ0) is 88.2. The van der Waals surface area contributed by atoms with Crippen molar-refractivity contribution in [3.8, 4) is 46.0 Å². The molecule has 0 bridgehead atoms. The summed E-state index contributed by atoms with van der Waals surface area (Å²) < 4.78 is 88.1. The van der Waals surface area contributed by atoms with Crippen LogP contribution in [-0.2, 0) is 92.5 Å². The van der Waals surface area contributed by atoms with Gasteiger partial charge < -0.3 is 76.5 Å². The topological polar surface area (TPSA) is 170 Å². The number of unbranched alkanes of at least 4 members (excludes halogenated alkanes) is 4. The second-order valence-electron chi connectivity index (χ2n) is 32.1. The summed E-state index contributed by atoms with van der Waals surface area (Å²) in [7, 11) is 0. The van der Waals surface area contributed by atoms with Crippen molar-refractivity contribution in [2.45, 2.75) is 147 Å². The molecule has 0 radical (unpaired) electrons.